The van der Waals surface area contributed by atoms with E-state index >= 15 is 0 Å². The van der Waals surface area contributed by atoms with Crippen LogP contribution in [0.2, 0.25) is 0 Å². The smallest absolute Gasteiger partial charge is 0.156 e. The molecule has 0 aromatic heterocycles. The average molecular weight is 254 g/mol. The molecule has 2 fully saturated rings. The molecule has 1 N–H and O–H groups in total. The standard InChI is InChI=1S/C13H22N2OS/c1-16-7-6-13(4-5-13)9-15-12-14-8-11(17-12)10-2-3-10/h10-11H,2-9H2,1H3,(H,14,15). The minimum atomic E-state index is 0.525. The zero-order chi connectivity index (χ0) is 11.7. The van der Waals surface area contributed by atoms with Gasteiger partial charge in [0.05, 0.1) is 6.54 Å². The number of nitrogens with zero attached hydrogens (tertiary/aromatic N) is 1. The Labute approximate surface area is 108 Å². The highest BCUT2D eigenvalue weighted by molar-refractivity contribution is 8.14. The van der Waals surface area contributed by atoms with E-state index in [0.717, 1.165) is 30.9 Å². The van der Waals surface area contributed by atoms with Crippen LogP contribution in [-0.4, -0.2) is 37.2 Å². The lowest BCUT2D eigenvalue weighted by Crippen LogP contribution is -2.28. The van der Waals surface area contributed by atoms with Crippen molar-refractivity contribution in [2.75, 3.05) is 26.8 Å². The second kappa shape index (κ2) is 4.81. The predicted octanol–water partition coefficient (Wildman–Crippen LogP) is 2.27. The van der Waals surface area contributed by atoms with Gasteiger partial charge in [-0.1, -0.05) is 11.8 Å². The lowest BCUT2D eigenvalue weighted by atomic mass is 10.0. The van der Waals surface area contributed by atoms with Crippen molar-refractivity contribution < 1.29 is 4.74 Å². The van der Waals surface area contributed by atoms with Crippen LogP contribution in [0.5, 0.6) is 0 Å². The van der Waals surface area contributed by atoms with Crippen LogP contribution < -0.4 is 5.32 Å². The largest absolute Gasteiger partial charge is 0.385 e. The lowest BCUT2D eigenvalue weighted by Gasteiger charge is -2.16. The zero-order valence-electron chi connectivity index (χ0n) is 10.6. The van der Waals surface area contributed by atoms with Gasteiger partial charge in [-0.2, -0.15) is 0 Å². The summed E-state index contributed by atoms with van der Waals surface area (Å²) < 4.78 is 5.18. The molecule has 3 nitrogen and oxygen atoms in total. The first-order valence-corrected chi connectivity index (χ1v) is 7.63. The van der Waals surface area contributed by atoms with Gasteiger partial charge in [0.15, 0.2) is 5.17 Å². The molecule has 1 unspecified atom stereocenters. The molecule has 0 aromatic carbocycles. The minimum Gasteiger partial charge on any atom is -0.385 e. The molecule has 17 heavy (non-hydrogen) atoms. The Balaban J connectivity index is 1.39. The van der Waals surface area contributed by atoms with Crippen molar-refractivity contribution in [3.63, 3.8) is 0 Å². The molecule has 1 heterocycles. The molecule has 1 aliphatic heterocycles. The summed E-state index contributed by atoms with van der Waals surface area (Å²) in [6, 6.07) is 0. The number of amidine groups is 1. The van der Waals surface area contributed by atoms with Gasteiger partial charge >= 0.3 is 0 Å². The Hall–Kier alpha value is -0.220. The summed E-state index contributed by atoms with van der Waals surface area (Å²) in [4.78, 5) is 4.63. The number of rotatable bonds is 6. The number of hydrogen-bond donors (Lipinski definition) is 1. The van der Waals surface area contributed by atoms with Crippen LogP contribution in [0, 0.1) is 11.3 Å². The molecule has 0 bridgehead atoms. The van der Waals surface area contributed by atoms with Gasteiger partial charge in [0.2, 0.25) is 0 Å². The monoisotopic (exact) mass is 254 g/mol. The molecule has 3 aliphatic rings. The number of methoxy groups -OCH3 is 1. The second-order valence-corrected chi connectivity index (χ2v) is 6.96. The summed E-state index contributed by atoms with van der Waals surface area (Å²) >= 11 is 1.98. The molecular weight excluding hydrogens is 232 g/mol. The highest BCUT2D eigenvalue weighted by Gasteiger charge is 2.42. The maximum absolute atomic E-state index is 5.18. The fourth-order valence-corrected chi connectivity index (χ4v) is 3.68. The van der Waals surface area contributed by atoms with E-state index in [-0.39, 0.29) is 0 Å². The molecular formula is C13H22N2OS. The van der Waals surface area contributed by atoms with Crippen LogP contribution in [-0.2, 0) is 4.74 Å². The third kappa shape index (κ3) is 2.97. The topological polar surface area (TPSA) is 33.6 Å². The molecule has 0 aromatic rings. The average Bonchev–Trinajstić information content (AvgIpc) is 3.26. The maximum Gasteiger partial charge on any atom is 0.156 e. The van der Waals surface area contributed by atoms with E-state index in [1.807, 2.05) is 11.8 Å². The molecule has 0 spiro atoms. The SMILES string of the molecule is COCCC1(CNC2=NCC(C3CC3)S2)CC1. The fraction of sp³-hybridized carbons (Fsp3) is 0.923. The number of aliphatic imine (C=N–C) groups is 1. The molecule has 3 rings (SSSR count). The number of hydrogen-bond acceptors (Lipinski definition) is 4. The third-order valence-electron chi connectivity index (χ3n) is 4.23. The van der Waals surface area contributed by atoms with Gasteiger partial charge in [0, 0.05) is 25.5 Å². The Morgan fingerprint density at radius 3 is 2.94 bits per heavy atom. The van der Waals surface area contributed by atoms with Gasteiger partial charge in [0.25, 0.3) is 0 Å². The van der Waals surface area contributed by atoms with Crippen molar-refractivity contribution in [3.05, 3.63) is 0 Å². The molecule has 2 aliphatic carbocycles. The van der Waals surface area contributed by atoms with Crippen LogP contribution >= 0.6 is 11.8 Å². The van der Waals surface area contributed by atoms with Gasteiger partial charge in [-0.25, -0.2) is 0 Å². The van der Waals surface area contributed by atoms with Crippen molar-refractivity contribution in [1.82, 2.24) is 5.32 Å². The zero-order valence-corrected chi connectivity index (χ0v) is 11.4. The van der Waals surface area contributed by atoms with Crippen LogP contribution in [0.15, 0.2) is 4.99 Å². The first-order chi connectivity index (χ1) is 8.31. The van der Waals surface area contributed by atoms with Crippen LogP contribution in [0.3, 0.4) is 0 Å². The van der Waals surface area contributed by atoms with Crippen LogP contribution in [0.1, 0.15) is 32.1 Å². The van der Waals surface area contributed by atoms with E-state index < -0.39 is 0 Å². The fourth-order valence-electron chi connectivity index (χ4n) is 2.48. The predicted molar refractivity (Wildman–Crippen MR) is 72.6 cm³/mol. The van der Waals surface area contributed by atoms with Crippen LogP contribution in [0.25, 0.3) is 0 Å². The molecule has 96 valence electrons. The second-order valence-electron chi connectivity index (χ2n) is 5.74. The van der Waals surface area contributed by atoms with Gasteiger partial charge in [0.1, 0.15) is 0 Å². The lowest BCUT2D eigenvalue weighted by molar-refractivity contribution is 0.173. The summed E-state index contributed by atoms with van der Waals surface area (Å²) in [5.74, 6) is 0.964. The van der Waals surface area contributed by atoms with Gasteiger partial charge in [-0.3, -0.25) is 4.99 Å². The van der Waals surface area contributed by atoms with Gasteiger partial charge < -0.3 is 10.1 Å². The Morgan fingerprint density at radius 2 is 2.29 bits per heavy atom. The Morgan fingerprint density at radius 1 is 1.47 bits per heavy atom. The van der Waals surface area contributed by atoms with E-state index in [1.165, 1.54) is 37.3 Å². The first-order valence-electron chi connectivity index (χ1n) is 6.75. The molecule has 1 atom stereocenters. The molecule has 4 heteroatoms. The van der Waals surface area contributed by atoms with Gasteiger partial charge in [-0.15, -0.1) is 0 Å². The highest BCUT2D eigenvalue weighted by atomic mass is 32.2. The highest BCUT2D eigenvalue weighted by Crippen LogP contribution is 2.48. The van der Waals surface area contributed by atoms with E-state index in [2.05, 4.69) is 10.3 Å². The van der Waals surface area contributed by atoms with Crippen molar-refractivity contribution >= 4 is 16.9 Å². The van der Waals surface area contributed by atoms with E-state index in [9.17, 15) is 0 Å². The van der Waals surface area contributed by atoms with E-state index in [1.54, 1.807) is 7.11 Å². The quantitative estimate of drug-likeness (QED) is 0.789. The van der Waals surface area contributed by atoms with Crippen molar-refractivity contribution in [2.24, 2.45) is 16.3 Å². The summed E-state index contributed by atoms with van der Waals surface area (Å²) in [5.41, 5.74) is 0.525. The normalized spacial score (nSPS) is 30.2. The summed E-state index contributed by atoms with van der Waals surface area (Å²) in [6.07, 6.45) is 6.76. The first kappa shape index (κ1) is 11.8. The Kier molecular flexibility index (Phi) is 3.35. The summed E-state index contributed by atoms with van der Waals surface area (Å²) in [5, 5.41) is 5.55. The number of ether oxygens (including phenoxy) is 1. The Bertz CT molecular complexity index is 311. The molecule has 2 saturated carbocycles. The summed E-state index contributed by atoms with van der Waals surface area (Å²) in [6.45, 7) is 3.04. The maximum atomic E-state index is 5.18. The number of thioether (sulfide) groups is 1. The third-order valence-corrected chi connectivity index (χ3v) is 5.57. The van der Waals surface area contributed by atoms with Crippen molar-refractivity contribution in [1.29, 1.82) is 0 Å². The van der Waals surface area contributed by atoms with Gasteiger partial charge in [-0.05, 0) is 43.4 Å². The van der Waals surface area contributed by atoms with Crippen molar-refractivity contribution in [2.45, 2.75) is 37.4 Å². The van der Waals surface area contributed by atoms with Crippen LogP contribution in [0.4, 0.5) is 0 Å². The van der Waals surface area contributed by atoms with E-state index in [4.69, 9.17) is 4.74 Å². The van der Waals surface area contributed by atoms with E-state index in [0.29, 0.717) is 5.41 Å². The molecule has 0 radical (unpaired) electrons. The summed E-state index contributed by atoms with van der Waals surface area (Å²) in [7, 11) is 1.79. The molecule has 0 saturated heterocycles. The minimum absolute atomic E-state index is 0.525. The number of nitrogens with one attached hydrogen (secondary N) is 1. The van der Waals surface area contributed by atoms with Crippen molar-refractivity contribution in [3.8, 4) is 0 Å². The molecule has 0 amide bonds.